The number of nitrogens with zero attached hydrogens (tertiary/aromatic N) is 2. The van der Waals surface area contributed by atoms with Crippen molar-refractivity contribution < 1.29 is 23.9 Å². The summed E-state index contributed by atoms with van der Waals surface area (Å²) in [5.41, 5.74) is 0.248. The molecule has 2 aliphatic heterocycles. The Labute approximate surface area is 202 Å². The Bertz CT molecular complexity index is 920. The van der Waals surface area contributed by atoms with Crippen LogP contribution in [0.1, 0.15) is 66.0 Å². The Hall–Kier alpha value is -2.61. The summed E-state index contributed by atoms with van der Waals surface area (Å²) < 4.78 is 11.1. The molecular weight excluding hydrogens is 434 g/mol. The Balaban J connectivity index is 1.80. The highest BCUT2D eigenvalue weighted by molar-refractivity contribution is 5.71. The van der Waals surface area contributed by atoms with E-state index in [0.29, 0.717) is 32.5 Å². The van der Waals surface area contributed by atoms with Crippen molar-refractivity contribution in [3.63, 3.8) is 0 Å². The number of ether oxygens (including phenoxy) is 2. The number of alkyl carbamates (subject to hydrolysis) is 1. The highest BCUT2D eigenvalue weighted by Crippen LogP contribution is 2.32. The normalized spacial score (nSPS) is 25.4. The molecule has 1 aromatic carbocycles. The zero-order chi connectivity index (χ0) is 25.3. The summed E-state index contributed by atoms with van der Waals surface area (Å²) >= 11 is 0. The minimum Gasteiger partial charge on any atom is -0.444 e. The van der Waals surface area contributed by atoms with E-state index in [4.69, 9.17) is 9.47 Å². The lowest BCUT2D eigenvalue weighted by atomic mass is 9.84. The largest absolute Gasteiger partial charge is 0.444 e. The first kappa shape index (κ1) is 26.0. The van der Waals surface area contributed by atoms with Crippen molar-refractivity contribution in [3.8, 4) is 0 Å². The molecule has 0 bridgehead atoms. The van der Waals surface area contributed by atoms with Crippen molar-refractivity contribution in [2.75, 3.05) is 13.1 Å². The molecule has 1 N–H and O–H groups in total. The molecule has 0 saturated carbocycles. The van der Waals surface area contributed by atoms with Gasteiger partial charge in [-0.15, -0.1) is 0 Å². The van der Waals surface area contributed by atoms with E-state index in [-0.39, 0.29) is 12.1 Å². The molecule has 8 heteroatoms. The van der Waals surface area contributed by atoms with Gasteiger partial charge in [-0.1, -0.05) is 24.3 Å². The molecular formula is C26H38N3O5. The molecule has 3 unspecified atom stereocenters. The number of nitrogens with one attached hydrogen (secondary N) is 1. The van der Waals surface area contributed by atoms with Crippen LogP contribution < -0.4 is 5.32 Å². The quantitative estimate of drug-likeness (QED) is 0.717. The monoisotopic (exact) mass is 472 g/mol. The maximum atomic E-state index is 13.1. The fourth-order valence-corrected chi connectivity index (χ4v) is 4.58. The van der Waals surface area contributed by atoms with Gasteiger partial charge in [0, 0.05) is 25.7 Å². The lowest BCUT2D eigenvalue weighted by molar-refractivity contribution is 0.0149. The van der Waals surface area contributed by atoms with E-state index in [0.717, 1.165) is 5.56 Å². The Morgan fingerprint density at radius 1 is 1.09 bits per heavy atom. The molecule has 2 aliphatic rings. The van der Waals surface area contributed by atoms with Gasteiger partial charge < -0.3 is 19.7 Å². The zero-order valence-corrected chi connectivity index (χ0v) is 21.4. The van der Waals surface area contributed by atoms with E-state index in [1.165, 1.54) is 5.56 Å². The molecule has 8 nitrogen and oxygen atoms in total. The van der Waals surface area contributed by atoms with Gasteiger partial charge in [0.25, 0.3) is 0 Å². The van der Waals surface area contributed by atoms with Gasteiger partial charge in [0.05, 0.1) is 11.6 Å². The molecule has 1 radical (unpaired) electrons. The fourth-order valence-electron chi connectivity index (χ4n) is 4.58. The average molecular weight is 473 g/mol. The van der Waals surface area contributed by atoms with Crippen LogP contribution in [0.15, 0.2) is 24.3 Å². The second kappa shape index (κ2) is 9.56. The van der Waals surface area contributed by atoms with Crippen molar-refractivity contribution >= 4 is 18.5 Å². The number of fused-ring (bicyclic) bond motifs is 1. The number of likely N-dealkylation sites (tertiary alicyclic amines) is 1. The van der Waals surface area contributed by atoms with Crippen LogP contribution in [0.2, 0.25) is 0 Å². The summed E-state index contributed by atoms with van der Waals surface area (Å²) in [4.78, 5) is 41.3. The summed E-state index contributed by atoms with van der Waals surface area (Å²) in [5, 5.41) is 2.89. The molecule has 0 aromatic heterocycles. The van der Waals surface area contributed by atoms with Gasteiger partial charge in [0.2, 0.25) is 6.29 Å². The first-order chi connectivity index (χ1) is 15.7. The molecule has 1 aromatic rings. The van der Waals surface area contributed by atoms with Crippen molar-refractivity contribution in [2.24, 2.45) is 0 Å². The topological polar surface area (TPSA) is 88.2 Å². The van der Waals surface area contributed by atoms with Crippen LogP contribution in [0, 0.1) is 0 Å². The van der Waals surface area contributed by atoms with Crippen molar-refractivity contribution in [2.45, 2.75) is 96.7 Å². The third-order valence-electron chi connectivity index (χ3n) is 6.13. The Morgan fingerprint density at radius 3 is 2.29 bits per heavy atom. The number of carbonyl (C=O) groups is 2. The van der Waals surface area contributed by atoms with Gasteiger partial charge in [-0.25, -0.2) is 9.59 Å². The van der Waals surface area contributed by atoms with Crippen LogP contribution in [0.4, 0.5) is 9.59 Å². The van der Waals surface area contributed by atoms with Crippen molar-refractivity contribution in [3.05, 3.63) is 35.4 Å². The van der Waals surface area contributed by atoms with Crippen LogP contribution in [0.3, 0.4) is 0 Å². The van der Waals surface area contributed by atoms with E-state index < -0.39 is 28.9 Å². The fraction of sp³-hybridized carbons (Fsp3) is 0.654. The Morgan fingerprint density at radius 2 is 1.71 bits per heavy atom. The number of rotatable bonds is 4. The molecule has 0 aliphatic carbocycles. The first-order valence-corrected chi connectivity index (χ1v) is 11.9. The minimum absolute atomic E-state index is 0.243. The minimum atomic E-state index is -0.801. The second-order valence-electron chi connectivity index (χ2n) is 11.6. The number of amides is 2. The van der Waals surface area contributed by atoms with Gasteiger partial charge in [0.1, 0.15) is 11.2 Å². The lowest BCUT2D eigenvalue weighted by Crippen LogP contribution is -2.56. The SMILES string of the molecule is CC(C)(C)OC(=O)NC1CC(CN2Cc3ccccc3CC2(C)[C]=O)N(C(=O)OC(C)(C)C)C1. The smallest absolute Gasteiger partial charge is 0.410 e. The highest BCUT2D eigenvalue weighted by Gasteiger charge is 2.44. The van der Waals surface area contributed by atoms with Crippen LogP contribution in [-0.2, 0) is 27.2 Å². The van der Waals surface area contributed by atoms with Crippen LogP contribution >= 0.6 is 0 Å². The molecule has 3 rings (SSSR count). The highest BCUT2D eigenvalue weighted by atomic mass is 16.6. The molecule has 34 heavy (non-hydrogen) atoms. The molecule has 1 saturated heterocycles. The van der Waals surface area contributed by atoms with E-state index in [1.54, 1.807) is 4.90 Å². The third kappa shape index (κ3) is 6.50. The van der Waals surface area contributed by atoms with Gasteiger partial charge in [-0.05, 0) is 72.4 Å². The Kier molecular flexibility index (Phi) is 7.31. The number of carbonyl (C=O) groups excluding carboxylic acids is 3. The van der Waals surface area contributed by atoms with Gasteiger partial charge >= 0.3 is 12.2 Å². The van der Waals surface area contributed by atoms with Crippen LogP contribution in [-0.4, -0.2) is 70.2 Å². The van der Waals surface area contributed by atoms with E-state index in [2.05, 4.69) is 22.6 Å². The predicted octanol–water partition coefficient (Wildman–Crippen LogP) is 3.82. The number of hydrogen-bond donors (Lipinski definition) is 1. The molecule has 1 fully saturated rings. The second-order valence-corrected chi connectivity index (χ2v) is 11.6. The van der Waals surface area contributed by atoms with Gasteiger partial charge in [-0.3, -0.25) is 9.69 Å². The maximum absolute atomic E-state index is 13.1. The average Bonchev–Trinajstić information content (AvgIpc) is 3.08. The summed E-state index contributed by atoms with van der Waals surface area (Å²) in [5.74, 6) is 0. The van der Waals surface area contributed by atoms with E-state index in [1.807, 2.05) is 66.7 Å². The molecule has 2 amide bonds. The van der Waals surface area contributed by atoms with Crippen LogP contribution in [0.5, 0.6) is 0 Å². The molecule has 0 spiro atoms. The van der Waals surface area contributed by atoms with Gasteiger partial charge in [0.15, 0.2) is 0 Å². The lowest BCUT2D eigenvalue weighted by Gasteiger charge is -2.43. The summed E-state index contributed by atoms with van der Waals surface area (Å²) in [6.07, 6.45) is 2.40. The molecule has 3 atom stereocenters. The first-order valence-electron chi connectivity index (χ1n) is 11.9. The van der Waals surface area contributed by atoms with Crippen molar-refractivity contribution in [1.29, 1.82) is 0 Å². The predicted molar refractivity (Wildman–Crippen MR) is 129 cm³/mol. The van der Waals surface area contributed by atoms with Crippen molar-refractivity contribution in [1.82, 2.24) is 15.1 Å². The summed E-state index contributed by atoms with van der Waals surface area (Å²) in [6.45, 7) is 14.2. The van der Waals surface area contributed by atoms with Crippen LogP contribution in [0.25, 0.3) is 0 Å². The van der Waals surface area contributed by atoms with E-state index in [9.17, 15) is 14.4 Å². The molecule has 187 valence electrons. The third-order valence-corrected chi connectivity index (χ3v) is 6.13. The number of benzene rings is 1. The summed E-state index contributed by atoms with van der Waals surface area (Å²) in [6, 6.07) is 7.57. The molecule has 2 heterocycles. The number of hydrogen-bond acceptors (Lipinski definition) is 6. The van der Waals surface area contributed by atoms with Gasteiger partial charge in [-0.2, -0.15) is 0 Å². The zero-order valence-electron chi connectivity index (χ0n) is 21.4. The summed E-state index contributed by atoms with van der Waals surface area (Å²) in [7, 11) is 0. The standard InChI is InChI=1S/C26H38N3O5/c1-24(2,3)33-22(31)27-20-12-21(29(15-20)23(32)34-25(4,5)6)16-28-14-19-11-9-8-10-18(19)13-26(28,7)17-30/h8-11,20-21H,12-16H2,1-7H3,(H,27,31). The maximum Gasteiger partial charge on any atom is 0.410 e. The van der Waals surface area contributed by atoms with E-state index >= 15 is 0 Å².